The summed E-state index contributed by atoms with van der Waals surface area (Å²) in [7, 11) is -9.92. The van der Waals surface area contributed by atoms with Gasteiger partial charge in [0.1, 0.15) is 19.3 Å². The standard InChI is InChI=1S/C82H160O17P2/c1-72(2)58-50-42-34-28-22-16-11-9-10-12-20-26-32-38-48-56-64-81(86)98-77(68-92-79(84)62-54-46-37-31-25-19-14-13-17-23-29-35-43-51-59-73(3)4)70-96-100(88,89)94-66-76(83)67-95-101(90,91)97-71-78(69-93-80(85)63-55-47-41-40-45-53-61-75(7)8)99-82(87)65-57-49-39-33-27-21-15-18-24-30-36-44-52-60-74(5)6/h72-78,83H,9-71H2,1-8H3,(H,88,89)(H,90,91)/t76-,77-,78-/m1/s1. The molecule has 17 nitrogen and oxygen atoms in total. The Kier molecular flexibility index (Phi) is 69.6. The molecule has 101 heavy (non-hydrogen) atoms. The van der Waals surface area contributed by atoms with E-state index in [1.165, 1.54) is 218 Å². The summed E-state index contributed by atoms with van der Waals surface area (Å²) >= 11 is 0. The van der Waals surface area contributed by atoms with E-state index in [0.717, 1.165) is 114 Å². The number of hydrogen-bond acceptors (Lipinski definition) is 15. The van der Waals surface area contributed by atoms with Gasteiger partial charge in [-0.1, -0.05) is 370 Å². The summed E-state index contributed by atoms with van der Waals surface area (Å²) in [5.41, 5.74) is 0. The van der Waals surface area contributed by atoms with E-state index in [4.69, 9.17) is 37.0 Å². The van der Waals surface area contributed by atoms with Crippen molar-refractivity contribution in [1.82, 2.24) is 0 Å². The molecule has 600 valence electrons. The largest absolute Gasteiger partial charge is 0.472 e. The van der Waals surface area contributed by atoms with Crippen molar-refractivity contribution >= 4 is 39.5 Å². The normalized spacial score (nSPS) is 14.0. The number of hydrogen-bond donors (Lipinski definition) is 3. The molecule has 0 bridgehead atoms. The quantitative estimate of drug-likeness (QED) is 0.0222. The lowest BCUT2D eigenvalue weighted by molar-refractivity contribution is -0.161. The molecule has 0 saturated carbocycles. The minimum Gasteiger partial charge on any atom is -0.462 e. The SMILES string of the molecule is CC(C)CCCCCCCCCCCCCCCCCCC(=O)O[C@H](COC(=O)CCCCCCCCCCCCCCCCC(C)C)COP(=O)(O)OC[C@@H](O)COP(=O)(O)OC[C@@H](COC(=O)CCCCCCCCC(C)C)OC(=O)CCCCCCCCCCCCCCCC(C)C. The van der Waals surface area contributed by atoms with Crippen molar-refractivity contribution in [3.63, 3.8) is 0 Å². The van der Waals surface area contributed by atoms with Crippen LogP contribution in [0.15, 0.2) is 0 Å². The maximum absolute atomic E-state index is 13.1. The van der Waals surface area contributed by atoms with Crippen molar-refractivity contribution in [1.29, 1.82) is 0 Å². The maximum Gasteiger partial charge on any atom is 0.472 e. The summed E-state index contributed by atoms with van der Waals surface area (Å²) in [4.78, 5) is 73.0. The number of phosphoric ester groups is 2. The van der Waals surface area contributed by atoms with Crippen LogP contribution in [0.3, 0.4) is 0 Å². The Bertz CT molecular complexity index is 1970. The fourth-order valence-electron chi connectivity index (χ4n) is 12.6. The molecule has 0 amide bonds. The summed E-state index contributed by atoms with van der Waals surface area (Å²) in [5, 5.41) is 10.6. The van der Waals surface area contributed by atoms with Gasteiger partial charge in [0.25, 0.3) is 0 Å². The first-order valence-corrected chi connectivity index (χ1v) is 45.2. The zero-order chi connectivity index (χ0) is 74.6. The van der Waals surface area contributed by atoms with Crippen LogP contribution in [0.2, 0.25) is 0 Å². The predicted molar refractivity (Wildman–Crippen MR) is 414 cm³/mol. The summed E-state index contributed by atoms with van der Waals surface area (Å²) in [6.45, 7) is 14.2. The number of carbonyl (C=O) groups is 4. The number of esters is 4. The Morgan fingerprint density at radius 1 is 0.248 bits per heavy atom. The van der Waals surface area contributed by atoms with Crippen LogP contribution >= 0.6 is 15.6 Å². The third-order valence-electron chi connectivity index (χ3n) is 19.1. The van der Waals surface area contributed by atoms with Crippen LogP contribution in [0.5, 0.6) is 0 Å². The molecule has 5 atom stereocenters. The van der Waals surface area contributed by atoms with Crippen molar-refractivity contribution in [3.8, 4) is 0 Å². The maximum atomic E-state index is 13.1. The highest BCUT2D eigenvalue weighted by atomic mass is 31.2. The Labute approximate surface area is 619 Å². The molecule has 3 N–H and O–H groups in total. The van der Waals surface area contributed by atoms with Gasteiger partial charge in [0.15, 0.2) is 12.2 Å². The molecular weight excluding hydrogens is 1320 g/mol. The molecule has 0 heterocycles. The smallest absolute Gasteiger partial charge is 0.462 e. The van der Waals surface area contributed by atoms with Crippen LogP contribution in [0, 0.1) is 23.7 Å². The van der Waals surface area contributed by atoms with Crippen LogP contribution < -0.4 is 0 Å². The lowest BCUT2D eigenvalue weighted by Gasteiger charge is -2.21. The van der Waals surface area contributed by atoms with Gasteiger partial charge in [0.2, 0.25) is 0 Å². The summed E-state index contributed by atoms with van der Waals surface area (Å²) < 4.78 is 68.7. The number of unbranched alkanes of at least 4 members (excludes halogenated alkanes) is 45. The first-order chi connectivity index (χ1) is 48.6. The lowest BCUT2D eigenvalue weighted by atomic mass is 10.0. The van der Waals surface area contributed by atoms with Crippen molar-refractivity contribution in [2.45, 2.75) is 440 Å². The van der Waals surface area contributed by atoms with Crippen LogP contribution in [0.4, 0.5) is 0 Å². The molecule has 0 aromatic rings. The summed E-state index contributed by atoms with van der Waals surface area (Å²) in [6, 6.07) is 0. The minimum absolute atomic E-state index is 0.106. The van der Waals surface area contributed by atoms with E-state index in [0.29, 0.717) is 31.6 Å². The molecule has 0 aliphatic rings. The van der Waals surface area contributed by atoms with Crippen molar-refractivity contribution in [3.05, 3.63) is 0 Å². The fourth-order valence-corrected chi connectivity index (χ4v) is 14.2. The highest BCUT2D eigenvalue weighted by molar-refractivity contribution is 7.47. The number of phosphoric acid groups is 2. The summed E-state index contributed by atoms with van der Waals surface area (Å²) in [5.74, 6) is 0.960. The van der Waals surface area contributed by atoms with Crippen LogP contribution in [0.1, 0.15) is 421 Å². The molecule has 19 heteroatoms. The summed E-state index contributed by atoms with van der Waals surface area (Å²) in [6.07, 6.45) is 58.4. The number of carbonyl (C=O) groups excluding carboxylic acids is 4. The van der Waals surface area contributed by atoms with Crippen molar-refractivity contribution in [2.24, 2.45) is 23.7 Å². The van der Waals surface area contributed by atoms with Crippen LogP contribution in [0.25, 0.3) is 0 Å². The monoisotopic (exact) mass is 1480 g/mol. The van der Waals surface area contributed by atoms with Gasteiger partial charge in [-0.25, -0.2) is 9.13 Å². The number of ether oxygens (including phenoxy) is 4. The second-order valence-electron chi connectivity index (χ2n) is 31.4. The molecule has 0 spiro atoms. The van der Waals surface area contributed by atoms with Gasteiger partial charge in [-0.2, -0.15) is 0 Å². The lowest BCUT2D eigenvalue weighted by Crippen LogP contribution is -2.30. The van der Waals surface area contributed by atoms with E-state index in [1.54, 1.807) is 0 Å². The highest BCUT2D eigenvalue weighted by Gasteiger charge is 2.30. The molecule has 0 radical (unpaired) electrons. The first kappa shape index (κ1) is 99.1. The first-order valence-electron chi connectivity index (χ1n) is 42.2. The van der Waals surface area contributed by atoms with Gasteiger partial charge >= 0.3 is 39.5 Å². The molecule has 0 aromatic carbocycles. The van der Waals surface area contributed by atoms with Gasteiger partial charge < -0.3 is 33.8 Å². The number of aliphatic hydroxyl groups excluding tert-OH is 1. The van der Waals surface area contributed by atoms with Gasteiger partial charge in [-0.05, 0) is 49.4 Å². The molecule has 2 unspecified atom stereocenters. The molecule has 0 rings (SSSR count). The second-order valence-corrected chi connectivity index (χ2v) is 34.3. The van der Waals surface area contributed by atoms with Gasteiger partial charge in [0.05, 0.1) is 26.4 Å². The Balaban J connectivity index is 5.23. The van der Waals surface area contributed by atoms with Gasteiger partial charge in [0, 0.05) is 25.7 Å². The van der Waals surface area contributed by atoms with Crippen LogP contribution in [-0.4, -0.2) is 96.7 Å². The van der Waals surface area contributed by atoms with E-state index in [2.05, 4.69) is 55.4 Å². The molecule has 0 aromatic heterocycles. The van der Waals surface area contributed by atoms with E-state index in [-0.39, 0.29) is 25.7 Å². The number of rotatable bonds is 79. The third-order valence-corrected chi connectivity index (χ3v) is 21.0. The van der Waals surface area contributed by atoms with E-state index in [1.807, 2.05) is 0 Å². The average molecular weight is 1480 g/mol. The van der Waals surface area contributed by atoms with E-state index in [9.17, 15) is 43.2 Å². The second kappa shape index (κ2) is 71.0. The molecular formula is C82H160O17P2. The Hall–Kier alpha value is -1.94. The van der Waals surface area contributed by atoms with Crippen molar-refractivity contribution < 1.29 is 80.2 Å². The number of aliphatic hydroxyl groups is 1. The molecule has 0 aliphatic heterocycles. The average Bonchev–Trinajstić information content (AvgIpc) is 0.986. The molecule has 0 saturated heterocycles. The zero-order valence-corrected chi connectivity index (χ0v) is 68.3. The molecule has 0 fully saturated rings. The molecule has 0 aliphatic carbocycles. The third kappa shape index (κ3) is 76.1. The van der Waals surface area contributed by atoms with Gasteiger partial charge in [-0.3, -0.25) is 37.3 Å². The zero-order valence-electron chi connectivity index (χ0n) is 66.5. The fraction of sp³-hybridized carbons (Fsp3) is 0.951. The van der Waals surface area contributed by atoms with Gasteiger partial charge in [-0.15, -0.1) is 0 Å². The predicted octanol–water partition coefficient (Wildman–Crippen LogP) is 24.4. The minimum atomic E-state index is -4.96. The van der Waals surface area contributed by atoms with Crippen molar-refractivity contribution in [2.75, 3.05) is 39.6 Å². The Morgan fingerprint density at radius 3 is 0.614 bits per heavy atom. The Morgan fingerprint density at radius 2 is 0.416 bits per heavy atom. The van der Waals surface area contributed by atoms with E-state index < -0.39 is 97.5 Å². The highest BCUT2D eigenvalue weighted by Crippen LogP contribution is 2.45. The van der Waals surface area contributed by atoms with E-state index >= 15 is 0 Å². The van der Waals surface area contributed by atoms with Crippen LogP contribution in [-0.2, 0) is 65.4 Å². The topological polar surface area (TPSA) is 237 Å².